The molecular weight excluding hydrogens is 310 g/mol. The molecule has 0 saturated carbocycles. The second-order valence-electron chi connectivity index (χ2n) is 6.85. The molecule has 2 rings (SSSR count). The zero-order chi connectivity index (χ0) is 17.9. The predicted octanol–water partition coefficient (Wildman–Crippen LogP) is 1.91. The van der Waals surface area contributed by atoms with Crippen LogP contribution in [0.25, 0.3) is 0 Å². The van der Waals surface area contributed by atoms with Gasteiger partial charge in [0.1, 0.15) is 0 Å². The van der Waals surface area contributed by atoms with Gasteiger partial charge in [0.15, 0.2) is 11.9 Å². The van der Waals surface area contributed by atoms with Gasteiger partial charge in [-0.15, -0.1) is 0 Å². The number of rotatable bonds is 5. The van der Waals surface area contributed by atoms with Gasteiger partial charge in [-0.3, -0.25) is 24.5 Å². The van der Waals surface area contributed by atoms with Gasteiger partial charge in [-0.25, -0.2) is 0 Å². The van der Waals surface area contributed by atoms with Crippen molar-refractivity contribution in [3.8, 4) is 0 Å². The fraction of sp³-hybridized carbons (Fsp3) is 0.444. The normalized spacial score (nSPS) is 17.5. The molecule has 0 aliphatic carbocycles. The standard InChI is InChI=1S/C18H21NO5/c1-18(2,3)12-6-4-11(5-7-12)13(20)8-9-16(22)24-14-10-15(21)19-17(14)23/h4-7,14H,8-10H2,1-3H3,(H,19,21,23). The topological polar surface area (TPSA) is 89.5 Å². The van der Waals surface area contributed by atoms with Crippen molar-refractivity contribution in [2.45, 2.75) is 51.6 Å². The van der Waals surface area contributed by atoms with Gasteiger partial charge in [-0.2, -0.15) is 0 Å². The number of ketones is 1. The highest BCUT2D eigenvalue weighted by Gasteiger charge is 2.33. The number of hydrogen-bond acceptors (Lipinski definition) is 5. The van der Waals surface area contributed by atoms with E-state index < -0.39 is 23.9 Å². The second kappa shape index (κ2) is 6.95. The summed E-state index contributed by atoms with van der Waals surface area (Å²) in [5, 5.41) is 2.06. The van der Waals surface area contributed by atoms with Crippen molar-refractivity contribution in [3.05, 3.63) is 35.4 Å². The lowest BCUT2D eigenvalue weighted by Gasteiger charge is -2.18. The molecule has 2 amide bonds. The molecule has 1 unspecified atom stereocenters. The van der Waals surface area contributed by atoms with Gasteiger partial charge in [-0.05, 0) is 11.0 Å². The van der Waals surface area contributed by atoms with E-state index in [9.17, 15) is 19.2 Å². The highest BCUT2D eigenvalue weighted by atomic mass is 16.5. The highest BCUT2D eigenvalue weighted by Crippen LogP contribution is 2.22. The number of hydrogen-bond donors (Lipinski definition) is 1. The number of ether oxygens (including phenoxy) is 1. The summed E-state index contributed by atoms with van der Waals surface area (Å²) in [7, 11) is 0. The number of imide groups is 1. The Hall–Kier alpha value is -2.50. The molecule has 1 heterocycles. The van der Waals surface area contributed by atoms with Crippen LogP contribution in [0, 0.1) is 0 Å². The van der Waals surface area contributed by atoms with E-state index in [-0.39, 0.29) is 30.5 Å². The molecule has 1 aliphatic heterocycles. The average Bonchev–Trinajstić information content (AvgIpc) is 2.81. The van der Waals surface area contributed by atoms with Crippen molar-refractivity contribution >= 4 is 23.6 Å². The molecule has 1 atom stereocenters. The van der Waals surface area contributed by atoms with Crippen molar-refractivity contribution in [1.29, 1.82) is 0 Å². The Bertz CT molecular complexity index is 670. The number of benzene rings is 1. The Kier molecular flexibility index (Phi) is 5.17. The molecule has 1 aliphatic rings. The Balaban J connectivity index is 1.85. The molecule has 128 valence electrons. The fourth-order valence-corrected chi connectivity index (χ4v) is 2.36. The summed E-state index contributed by atoms with van der Waals surface area (Å²) in [4.78, 5) is 46.2. The van der Waals surface area contributed by atoms with Gasteiger partial charge in [0.2, 0.25) is 5.91 Å². The number of esters is 1. The number of nitrogens with one attached hydrogen (secondary N) is 1. The lowest BCUT2D eigenvalue weighted by atomic mass is 9.86. The lowest BCUT2D eigenvalue weighted by molar-refractivity contribution is -0.153. The van der Waals surface area contributed by atoms with Crippen LogP contribution in [0.4, 0.5) is 0 Å². The minimum Gasteiger partial charge on any atom is -0.452 e. The van der Waals surface area contributed by atoms with E-state index in [1.165, 1.54) is 0 Å². The summed E-state index contributed by atoms with van der Waals surface area (Å²) in [6.45, 7) is 6.26. The van der Waals surface area contributed by atoms with E-state index in [1.54, 1.807) is 12.1 Å². The minimum atomic E-state index is -1.08. The zero-order valence-corrected chi connectivity index (χ0v) is 14.0. The van der Waals surface area contributed by atoms with E-state index in [4.69, 9.17) is 4.74 Å². The first kappa shape index (κ1) is 17.8. The maximum Gasteiger partial charge on any atom is 0.307 e. The van der Waals surface area contributed by atoms with Crippen molar-refractivity contribution in [2.75, 3.05) is 0 Å². The number of Topliss-reactive ketones (excluding diaryl/α,β-unsaturated/α-hetero) is 1. The lowest BCUT2D eigenvalue weighted by Crippen LogP contribution is -2.28. The Labute approximate surface area is 140 Å². The van der Waals surface area contributed by atoms with Crippen LogP contribution in [-0.4, -0.2) is 29.7 Å². The quantitative estimate of drug-likeness (QED) is 0.506. The Morgan fingerprint density at radius 1 is 1.12 bits per heavy atom. The first-order chi connectivity index (χ1) is 11.2. The molecule has 0 radical (unpaired) electrons. The van der Waals surface area contributed by atoms with Gasteiger partial charge in [0.25, 0.3) is 5.91 Å². The first-order valence-corrected chi connectivity index (χ1v) is 7.84. The van der Waals surface area contributed by atoms with Crippen LogP contribution in [0.2, 0.25) is 0 Å². The van der Waals surface area contributed by atoms with Crippen molar-refractivity contribution in [2.24, 2.45) is 0 Å². The molecule has 0 aromatic heterocycles. The molecule has 6 nitrogen and oxygen atoms in total. The fourth-order valence-electron chi connectivity index (χ4n) is 2.36. The van der Waals surface area contributed by atoms with Gasteiger partial charge in [0.05, 0.1) is 12.8 Å². The Morgan fingerprint density at radius 2 is 1.75 bits per heavy atom. The van der Waals surface area contributed by atoms with Crippen LogP contribution >= 0.6 is 0 Å². The minimum absolute atomic E-state index is 0.00398. The molecule has 24 heavy (non-hydrogen) atoms. The Morgan fingerprint density at radius 3 is 2.25 bits per heavy atom. The van der Waals surface area contributed by atoms with Crippen LogP contribution in [0.1, 0.15) is 56.0 Å². The molecule has 1 aromatic carbocycles. The smallest absolute Gasteiger partial charge is 0.307 e. The summed E-state index contributed by atoms with van der Waals surface area (Å²) in [5.41, 5.74) is 1.66. The van der Waals surface area contributed by atoms with E-state index in [0.717, 1.165) is 5.56 Å². The molecule has 1 saturated heterocycles. The van der Waals surface area contributed by atoms with Crippen LogP contribution in [0.15, 0.2) is 24.3 Å². The average molecular weight is 331 g/mol. The maximum atomic E-state index is 12.1. The van der Waals surface area contributed by atoms with Crippen LogP contribution < -0.4 is 5.32 Å². The van der Waals surface area contributed by atoms with E-state index in [1.807, 2.05) is 12.1 Å². The first-order valence-electron chi connectivity index (χ1n) is 7.84. The third kappa shape index (κ3) is 4.50. The van der Waals surface area contributed by atoms with E-state index in [2.05, 4.69) is 26.1 Å². The largest absolute Gasteiger partial charge is 0.452 e. The number of amides is 2. The van der Waals surface area contributed by atoms with Gasteiger partial charge in [-0.1, -0.05) is 45.0 Å². The summed E-state index contributed by atoms with van der Waals surface area (Å²) in [5.74, 6) is -1.91. The van der Waals surface area contributed by atoms with Crippen LogP contribution in [-0.2, 0) is 24.5 Å². The van der Waals surface area contributed by atoms with Gasteiger partial charge >= 0.3 is 5.97 Å². The molecule has 1 aromatic rings. The van der Waals surface area contributed by atoms with Crippen LogP contribution in [0.5, 0.6) is 0 Å². The summed E-state index contributed by atoms with van der Waals surface area (Å²) in [6, 6.07) is 7.30. The molecule has 1 fully saturated rings. The highest BCUT2D eigenvalue weighted by molar-refractivity contribution is 6.05. The SMILES string of the molecule is CC(C)(C)c1ccc(C(=O)CCC(=O)OC2CC(=O)NC2=O)cc1. The van der Waals surface area contributed by atoms with Crippen molar-refractivity contribution in [3.63, 3.8) is 0 Å². The number of carbonyl (C=O) groups is 4. The molecular formula is C18H21NO5. The van der Waals surface area contributed by atoms with Crippen molar-refractivity contribution < 1.29 is 23.9 Å². The second-order valence-corrected chi connectivity index (χ2v) is 6.85. The van der Waals surface area contributed by atoms with E-state index in [0.29, 0.717) is 5.56 Å². The molecule has 6 heteroatoms. The molecule has 1 N–H and O–H groups in total. The van der Waals surface area contributed by atoms with Gasteiger partial charge in [0, 0.05) is 12.0 Å². The van der Waals surface area contributed by atoms with Crippen molar-refractivity contribution in [1.82, 2.24) is 5.32 Å². The summed E-state index contributed by atoms with van der Waals surface area (Å²) < 4.78 is 4.92. The number of carbonyl (C=O) groups excluding carboxylic acids is 4. The monoisotopic (exact) mass is 331 g/mol. The maximum absolute atomic E-state index is 12.1. The molecule has 0 bridgehead atoms. The third-order valence-electron chi connectivity index (χ3n) is 3.83. The molecule has 0 spiro atoms. The summed E-state index contributed by atoms with van der Waals surface area (Å²) >= 11 is 0. The van der Waals surface area contributed by atoms with Gasteiger partial charge < -0.3 is 4.74 Å². The predicted molar refractivity (Wildman–Crippen MR) is 86.4 cm³/mol. The summed E-state index contributed by atoms with van der Waals surface area (Å²) in [6.07, 6.45) is -1.37. The van der Waals surface area contributed by atoms with Crippen LogP contribution in [0.3, 0.4) is 0 Å². The zero-order valence-electron chi connectivity index (χ0n) is 14.0. The third-order valence-corrected chi connectivity index (χ3v) is 3.83. The van der Waals surface area contributed by atoms with E-state index >= 15 is 0 Å².